The smallest absolute Gasteiger partial charge is 0.224 e. The molecule has 0 unspecified atom stereocenters. The molecule has 0 spiro atoms. The Morgan fingerprint density at radius 3 is 2.50 bits per heavy atom. The Labute approximate surface area is 92.6 Å². The topological polar surface area (TPSA) is 50.4 Å². The normalized spacial score (nSPS) is 11.4. The first-order valence-electron chi connectivity index (χ1n) is 4.81. The summed E-state index contributed by atoms with van der Waals surface area (Å²) in [5, 5.41) is 9.69. The van der Waals surface area contributed by atoms with Gasteiger partial charge >= 0.3 is 0 Å². The Morgan fingerprint density at radius 1 is 1.12 bits per heavy atom. The second-order valence-electron chi connectivity index (χ2n) is 3.24. The van der Waals surface area contributed by atoms with Gasteiger partial charge in [-0.25, -0.2) is 0 Å². The fraction of sp³-hybridized carbons (Fsp3) is 0. The molecule has 0 saturated heterocycles. The van der Waals surface area contributed by atoms with E-state index < -0.39 is 0 Å². The molecule has 0 aliphatic carbocycles. The zero-order chi connectivity index (χ0) is 11.4. The first kappa shape index (κ1) is 10.2. The molecule has 0 aliphatic rings. The average molecular weight is 214 g/mol. The van der Waals surface area contributed by atoms with Gasteiger partial charge in [0.05, 0.1) is 6.26 Å². The van der Waals surface area contributed by atoms with Gasteiger partial charge in [-0.3, -0.25) is 4.79 Å². The summed E-state index contributed by atoms with van der Waals surface area (Å²) in [5.41, 5.74) is 0.599. The lowest BCUT2D eigenvalue weighted by Gasteiger charge is -1.98. The van der Waals surface area contributed by atoms with Crippen molar-refractivity contribution in [3.63, 3.8) is 0 Å². The lowest BCUT2D eigenvalue weighted by atomic mass is 10.1. The van der Waals surface area contributed by atoms with Gasteiger partial charge in [-0.05, 0) is 12.1 Å². The molecule has 1 N–H and O–H groups in total. The van der Waals surface area contributed by atoms with Gasteiger partial charge in [-0.15, -0.1) is 0 Å². The molecule has 1 aromatic heterocycles. The largest absolute Gasteiger partial charge is 0.507 e. The Kier molecular flexibility index (Phi) is 2.87. The van der Waals surface area contributed by atoms with Crippen LogP contribution in [0.15, 0.2) is 59.2 Å². The van der Waals surface area contributed by atoms with E-state index in [4.69, 9.17) is 4.42 Å². The fourth-order valence-electron chi connectivity index (χ4n) is 1.31. The zero-order valence-electron chi connectivity index (χ0n) is 8.46. The second kappa shape index (κ2) is 4.49. The Balaban J connectivity index is 2.23. The van der Waals surface area contributed by atoms with Crippen LogP contribution in [0.1, 0.15) is 16.1 Å². The maximum atomic E-state index is 11.6. The SMILES string of the molecule is O=C(/C=C(\O)c1ccccc1)c1ccco1. The van der Waals surface area contributed by atoms with E-state index in [9.17, 15) is 9.90 Å². The molecule has 16 heavy (non-hydrogen) atoms. The van der Waals surface area contributed by atoms with E-state index in [2.05, 4.69) is 0 Å². The number of ketones is 1. The van der Waals surface area contributed by atoms with E-state index in [1.807, 2.05) is 6.07 Å². The predicted octanol–water partition coefficient (Wildman–Crippen LogP) is 3.06. The van der Waals surface area contributed by atoms with E-state index in [1.165, 1.54) is 6.26 Å². The van der Waals surface area contributed by atoms with Crippen molar-refractivity contribution in [1.82, 2.24) is 0 Å². The van der Waals surface area contributed by atoms with Crippen LogP contribution in [-0.4, -0.2) is 10.9 Å². The summed E-state index contributed by atoms with van der Waals surface area (Å²) < 4.78 is 4.93. The van der Waals surface area contributed by atoms with Gasteiger partial charge in [0.15, 0.2) is 5.76 Å². The Morgan fingerprint density at radius 2 is 1.88 bits per heavy atom. The number of furan rings is 1. The first-order valence-corrected chi connectivity index (χ1v) is 4.81. The van der Waals surface area contributed by atoms with Crippen LogP contribution in [0.25, 0.3) is 5.76 Å². The van der Waals surface area contributed by atoms with Crippen molar-refractivity contribution < 1.29 is 14.3 Å². The van der Waals surface area contributed by atoms with E-state index in [0.29, 0.717) is 5.56 Å². The number of benzene rings is 1. The summed E-state index contributed by atoms with van der Waals surface area (Å²) in [7, 11) is 0. The third-order valence-corrected chi connectivity index (χ3v) is 2.10. The lowest BCUT2D eigenvalue weighted by Crippen LogP contribution is -1.94. The minimum atomic E-state index is -0.355. The minimum absolute atomic E-state index is 0.0676. The van der Waals surface area contributed by atoms with Crippen LogP contribution in [-0.2, 0) is 0 Å². The maximum absolute atomic E-state index is 11.6. The predicted molar refractivity (Wildman–Crippen MR) is 60.1 cm³/mol. The first-order chi connectivity index (χ1) is 7.77. The van der Waals surface area contributed by atoms with Gasteiger partial charge in [0.25, 0.3) is 0 Å². The van der Waals surface area contributed by atoms with E-state index in [-0.39, 0.29) is 17.3 Å². The summed E-state index contributed by atoms with van der Waals surface area (Å²) in [5.74, 6) is -0.212. The molecular formula is C13H10O3. The number of aliphatic hydroxyl groups is 1. The Bertz CT molecular complexity index is 495. The molecule has 0 radical (unpaired) electrons. The molecule has 1 aromatic carbocycles. The molecule has 3 heteroatoms. The van der Waals surface area contributed by atoms with Crippen LogP contribution < -0.4 is 0 Å². The molecule has 0 bridgehead atoms. The molecular weight excluding hydrogens is 204 g/mol. The standard InChI is InChI=1S/C13H10O3/c14-11(10-5-2-1-3-6-10)9-12(15)13-7-4-8-16-13/h1-9,14H/b11-9-. The third kappa shape index (κ3) is 2.20. The molecule has 2 rings (SSSR count). The van der Waals surface area contributed by atoms with Gasteiger partial charge in [-0.1, -0.05) is 30.3 Å². The minimum Gasteiger partial charge on any atom is -0.507 e. The molecule has 2 aromatic rings. The highest BCUT2D eigenvalue weighted by molar-refractivity contribution is 6.05. The van der Waals surface area contributed by atoms with Crippen LogP contribution in [0, 0.1) is 0 Å². The summed E-state index contributed by atoms with van der Waals surface area (Å²) in [6.45, 7) is 0. The fourth-order valence-corrected chi connectivity index (χ4v) is 1.31. The highest BCUT2D eigenvalue weighted by Crippen LogP contribution is 2.12. The van der Waals surface area contributed by atoms with Gasteiger partial charge in [-0.2, -0.15) is 0 Å². The van der Waals surface area contributed by atoms with Crippen molar-refractivity contribution in [1.29, 1.82) is 0 Å². The molecule has 80 valence electrons. The van der Waals surface area contributed by atoms with E-state index >= 15 is 0 Å². The van der Waals surface area contributed by atoms with Gasteiger partial charge in [0.2, 0.25) is 5.78 Å². The number of carbonyl (C=O) groups excluding carboxylic acids is 1. The zero-order valence-corrected chi connectivity index (χ0v) is 8.46. The van der Waals surface area contributed by atoms with Crippen LogP contribution >= 0.6 is 0 Å². The summed E-state index contributed by atoms with van der Waals surface area (Å²) >= 11 is 0. The van der Waals surface area contributed by atoms with Gasteiger partial charge in [0.1, 0.15) is 5.76 Å². The number of rotatable bonds is 3. The van der Waals surface area contributed by atoms with Crippen molar-refractivity contribution in [3.8, 4) is 0 Å². The van der Waals surface area contributed by atoms with E-state index in [1.54, 1.807) is 36.4 Å². The van der Waals surface area contributed by atoms with Crippen LogP contribution in [0.2, 0.25) is 0 Å². The number of hydrogen-bond donors (Lipinski definition) is 1. The molecule has 3 nitrogen and oxygen atoms in total. The molecule has 0 saturated carbocycles. The number of hydrogen-bond acceptors (Lipinski definition) is 3. The van der Waals surface area contributed by atoms with Crippen LogP contribution in [0.4, 0.5) is 0 Å². The molecule has 0 aliphatic heterocycles. The number of allylic oxidation sites excluding steroid dienone is 1. The van der Waals surface area contributed by atoms with Crippen LogP contribution in [0.5, 0.6) is 0 Å². The molecule has 0 amide bonds. The summed E-state index contributed by atoms with van der Waals surface area (Å²) in [6, 6.07) is 12.0. The number of aliphatic hydroxyl groups excluding tert-OH is 1. The van der Waals surface area contributed by atoms with Crippen molar-refractivity contribution in [2.24, 2.45) is 0 Å². The highest BCUT2D eigenvalue weighted by atomic mass is 16.3. The summed E-state index contributed by atoms with van der Waals surface area (Å²) in [4.78, 5) is 11.6. The maximum Gasteiger partial charge on any atom is 0.224 e. The quantitative estimate of drug-likeness (QED) is 0.485. The van der Waals surface area contributed by atoms with Gasteiger partial charge in [0, 0.05) is 11.6 Å². The van der Waals surface area contributed by atoms with E-state index in [0.717, 1.165) is 6.08 Å². The molecule has 0 fully saturated rings. The monoisotopic (exact) mass is 214 g/mol. The molecule has 0 atom stereocenters. The number of carbonyl (C=O) groups is 1. The molecule has 1 heterocycles. The Hall–Kier alpha value is -2.29. The average Bonchev–Trinajstić information content (AvgIpc) is 2.83. The lowest BCUT2D eigenvalue weighted by molar-refractivity contribution is 0.102. The van der Waals surface area contributed by atoms with Crippen molar-refractivity contribution in [2.75, 3.05) is 0 Å². The second-order valence-corrected chi connectivity index (χ2v) is 3.24. The van der Waals surface area contributed by atoms with Gasteiger partial charge < -0.3 is 9.52 Å². The summed E-state index contributed by atoms with van der Waals surface area (Å²) in [6.07, 6.45) is 2.56. The third-order valence-electron chi connectivity index (χ3n) is 2.10. The highest BCUT2D eigenvalue weighted by Gasteiger charge is 2.07. The van der Waals surface area contributed by atoms with Crippen molar-refractivity contribution >= 4 is 11.5 Å². The van der Waals surface area contributed by atoms with Crippen molar-refractivity contribution in [3.05, 3.63) is 66.1 Å². The van der Waals surface area contributed by atoms with Crippen molar-refractivity contribution in [2.45, 2.75) is 0 Å². The van der Waals surface area contributed by atoms with Crippen LogP contribution in [0.3, 0.4) is 0 Å².